The Hall–Kier alpha value is -3.99. The maximum Gasteiger partial charge on any atom is 0.331 e. The minimum absolute atomic E-state index is 0.332. The van der Waals surface area contributed by atoms with Gasteiger partial charge in [-0.1, -0.05) is 18.2 Å². The molecular formula is C26H23N5O4S. The van der Waals surface area contributed by atoms with E-state index >= 15 is 0 Å². The van der Waals surface area contributed by atoms with Crippen molar-refractivity contribution >= 4 is 50.6 Å². The Morgan fingerprint density at radius 3 is 2.67 bits per heavy atom. The Bertz CT molecular complexity index is 1440. The molecule has 0 spiro atoms. The van der Waals surface area contributed by atoms with Crippen LogP contribution in [0.4, 0.5) is 21.9 Å². The van der Waals surface area contributed by atoms with Gasteiger partial charge in [-0.05, 0) is 55.4 Å². The van der Waals surface area contributed by atoms with Crippen LogP contribution in [0.15, 0.2) is 66.9 Å². The third-order valence-electron chi connectivity index (χ3n) is 6.29. The zero-order valence-electron chi connectivity index (χ0n) is 19.1. The lowest BCUT2D eigenvalue weighted by atomic mass is 10.0. The Kier molecular flexibility index (Phi) is 5.76. The highest BCUT2D eigenvalue weighted by atomic mass is 32.1. The number of pyridine rings is 1. The van der Waals surface area contributed by atoms with Gasteiger partial charge < -0.3 is 25.8 Å². The van der Waals surface area contributed by atoms with Crippen molar-refractivity contribution in [3.05, 3.63) is 71.7 Å². The maximum atomic E-state index is 13.3. The number of benzene rings is 2. The highest BCUT2D eigenvalue weighted by Gasteiger charge is 2.34. The number of aromatic nitrogens is 1. The molecule has 2 aliphatic rings. The van der Waals surface area contributed by atoms with Crippen LogP contribution in [0.2, 0.25) is 0 Å². The van der Waals surface area contributed by atoms with Crippen molar-refractivity contribution in [1.82, 2.24) is 15.6 Å². The number of urea groups is 1. The second kappa shape index (κ2) is 9.23. The van der Waals surface area contributed by atoms with Gasteiger partial charge in [0.05, 0.1) is 34.6 Å². The molecule has 0 saturated carbocycles. The highest BCUT2D eigenvalue weighted by molar-refractivity contribution is 7.21. The van der Waals surface area contributed by atoms with Gasteiger partial charge in [-0.15, -0.1) is 11.3 Å². The van der Waals surface area contributed by atoms with Crippen LogP contribution in [0.25, 0.3) is 10.2 Å². The molecule has 4 heterocycles. The standard InChI is InChI=1S/C26H23N5O4S/c32-20-14-27-12-10-18(20)29-24(33)23-22-21-19(11-13-28-25(21)36-23)31(26(34)30-22)15-6-8-17(9-7-15)35-16-4-2-1-3-5-16/h1-9,11,13,18,20,27,32H,10,12,14H2,(H,29,33)(H,30,34)/t18-,20-/m1/s1. The van der Waals surface area contributed by atoms with Crippen LogP contribution in [0.5, 0.6) is 11.5 Å². The minimum atomic E-state index is -0.666. The van der Waals surface area contributed by atoms with E-state index in [-0.39, 0.29) is 18.0 Å². The number of aliphatic hydroxyl groups is 1. The number of β-amino-alcohol motifs (C(OH)–C–C–N with tert-alkyl or cyclic N) is 1. The average Bonchev–Trinajstić information content (AvgIpc) is 3.26. The lowest BCUT2D eigenvalue weighted by Gasteiger charge is -2.30. The van der Waals surface area contributed by atoms with E-state index in [2.05, 4.69) is 20.9 Å². The summed E-state index contributed by atoms with van der Waals surface area (Å²) in [6, 6.07) is 17.7. The largest absolute Gasteiger partial charge is 0.457 e. The molecule has 2 aromatic carbocycles. The number of piperidine rings is 1. The molecule has 2 aliphatic heterocycles. The fourth-order valence-corrected chi connectivity index (χ4v) is 5.56. The van der Waals surface area contributed by atoms with E-state index in [1.165, 1.54) is 11.3 Å². The normalized spacial score (nSPS) is 19.1. The third kappa shape index (κ3) is 4.05. The topological polar surface area (TPSA) is 116 Å². The highest BCUT2D eigenvalue weighted by Crippen LogP contribution is 2.45. The number of ether oxygens (including phenoxy) is 1. The van der Waals surface area contributed by atoms with E-state index in [9.17, 15) is 14.7 Å². The molecule has 4 N–H and O–H groups in total. The Balaban J connectivity index is 1.31. The summed E-state index contributed by atoms with van der Waals surface area (Å²) in [5, 5.41) is 19.8. The van der Waals surface area contributed by atoms with Gasteiger partial charge >= 0.3 is 6.03 Å². The van der Waals surface area contributed by atoms with E-state index in [0.717, 1.165) is 5.75 Å². The molecule has 0 aliphatic carbocycles. The molecule has 9 nitrogen and oxygen atoms in total. The van der Waals surface area contributed by atoms with Gasteiger partial charge in [-0.3, -0.25) is 9.69 Å². The van der Waals surface area contributed by atoms with Gasteiger partial charge in [-0.2, -0.15) is 0 Å². The van der Waals surface area contributed by atoms with Gasteiger partial charge in [0, 0.05) is 12.7 Å². The van der Waals surface area contributed by atoms with Crippen LogP contribution in [-0.2, 0) is 0 Å². The molecule has 4 aromatic rings. The summed E-state index contributed by atoms with van der Waals surface area (Å²) in [4.78, 5) is 33.5. The van der Waals surface area contributed by atoms with Gasteiger partial charge in [0.15, 0.2) is 0 Å². The number of carbonyl (C=O) groups is 2. The number of para-hydroxylation sites is 1. The molecule has 2 atom stereocenters. The Morgan fingerprint density at radius 2 is 1.89 bits per heavy atom. The number of carbonyl (C=O) groups excluding carboxylic acids is 2. The Morgan fingerprint density at radius 1 is 1.11 bits per heavy atom. The number of rotatable bonds is 5. The van der Waals surface area contributed by atoms with Crippen molar-refractivity contribution in [3.63, 3.8) is 0 Å². The lowest BCUT2D eigenvalue weighted by molar-refractivity contribution is 0.0769. The predicted molar refractivity (Wildman–Crippen MR) is 138 cm³/mol. The first-order valence-electron chi connectivity index (χ1n) is 11.6. The smallest absolute Gasteiger partial charge is 0.331 e. The van der Waals surface area contributed by atoms with Crippen LogP contribution >= 0.6 is 11.3 Å². The molecule has 36 heavy (non-hydrogen) atoms. The van der Waals surface area contributed by atoms with Gasteiger partial charge in [0.2, 0.25) is 0 Å². The first kappa shape index (κ1) is 22.5. The molecular weight excluding hydrogens is 478 g/mol. The molecule has 182 valence electrons. The zero-order valence-corrected chi connectivity index (χ0v) is 19.9. The summed E-state index contributed by atoms with van der Waals surface area (Å²) in [5.74, 6) is 1.04. The van der Waals surface area contributed by atoms with Crippen molar-refractivity contribution in [2.45, 2.75) is 18.6 Å². The number of hydrogen-bond acceptors (Lipinski definition) is 7. The fourth-order valence-electron chi connectivity index (χ4n) is 4.53. The van der Waals surface area contributed by atoms with Gasteiger partial charge in [-0.25, -0.2) is 9.78 Å². The molecule has 6 rings (SSSR count). The van der Waals surface area contributed by atoms with E-state index in [1.54, 1.807) is 29.3 Å². The van der Waals surface area contributed by atoms with Crippen molar-refractivity contribution in [2.75, 3.05) is 23.3 Å². The number of anilines is 3. The SMILES string of the molecule is O=C(N[C@@H]1CCNC[C@H]1O)c1sc2nccc3c2c1NC(=O)N3c1ccc(Oc2ccccc2)cc1. The van der Waals surface area contributed by atoms with Crippen LogP contribution < -0.4 is 25.6 Å². The summed E-state index contributed by atoms with van der Waals surface area (Å²) in [7, 11) is 0. The van der Waals surface area contributed by atoms with E-state index in [0.29, 0.717) is 57.4 Å². The second-order valence-electron chi connectivity index (χ2n) is 8.63. The minimum Gasteiger partial charge on any atom is -0.457 e. The van der Waals surface area contributed by atoms with E-state index < -0.39 is 6.10 Å². The molecule has 0 bridgehead atoms. The van der Waals surface area contributed by atoms with Crippen LogP contribution in [0, 0.1) is 0 Å². The molecule has 3 amide bonds. The van der Waals surface area contributed by atoms with Crippen molar-refractivity contribution in [1.29, 1.82) is 0 Å². The molecule has 1 fully saturated rings. The first-order valence-corrected chi connectivity index (χ1v) is 12.5. The van der Waals surface area contributed by atoms with Crippen molar-refractivity contribution < 1.29 is 19.4 Å². The summed E-state index contributed by atoms with van der Waals surface area (Å²) in [6.07, 6.45) is 1.59. The number of aliphatic hydroxyl groups excluding tert-OH is 1. The predicted octanol–water partition coefficient (Wildman–Crippen LogP) is 4.22. The molecule has 0 radical (unpaired) electrons. The molecule has 1 saturated heterocycles. The second-order valence-corrected chi connectivity index (χ2v) is 9.63. The summed E-state index contributed by atoms with van der Waals surface area (Å²) in [6.45, 7) is 1.14. The van der Waals surface area contributed by atoms with Gasteiger partial charge in [0.1, 0.15) is 21.2 Å². The van der Waals surface area contributed by atoms with Gasteiger partial charge in [0.25, 0.3) is 5.91 Å². The zero-order chi connectivity index (χ0) is 24.6. The number of thiophene rings is 1. The molecule has 0 unspecified atom stereocenters. The van der Waals surface area contributed by atoms with Crippen LogP contribution in [0.3, 0.4) is 0 Å². The summed E-state index contributed by atoms with van der Waals surface area (Å²) in [5.41, 5.74) is 1.75. The van der Waals surface area contributed by atoms with Crippen LogP contribution in [-0.4, -0.2) is 47.3 Å². The molecule has 10 heteroatoms. The van der Waals surface area contributed by atoms with E-state index in [1.807, 2.05) is 42.5 Å². The lowest BCUT2D eigenvalue weighted by Crippen LogP contribution is -2.52. The van der Waals surface area contributed by atoms with Crippen molar-refractivity contribution in [3.8, 4) is 11.5 Å². The third-order valence-corrected chi connectivity index (χ3v) is 7.39. The monoisotopic (exact) mass is 501 g/mol. The first-order chi connectivity index (χ1) is 17.6. The maximum absolute atomic E-state index is 13.3. The number of amides is 3. The average molecular weight is 502 g/mol. The quantitative estimate of drug-likeness (QED) is 0.325. The fraction of sp³-hybridized carbons (Fsp3) is 0.192. The summed E-state index contributed by atoms with van der Waals surface area (Å²) >= 11 is 1.22. The van der Waals surface area contributed by atoms with Crippen LogP contribution in [0.1, 0.15) is 16.1 Å². The van der Waals surface area contributed by atoms with E-state index in [4.69, 9.17) is 4.74 Å². The van der Waals surface area contributed by atoms with Crippen molar-refractivity contribution in [2.24, 2.45) is 0 Å². The number of hydrogen-bond donors (Lipinski definition) is 4. The number of nitrogens with one attached hydrogen (secondary N) is 3. The number of nitrogens with zero attached hydrogens (tertiary/aromatic N) is 2. The Labute approximate surface area is 210 Å². The molecule has 2 aromatic heterocycles. The summed E-state index contributed by atoms with van der Waals surface area (Å²) < 4.78 is 5.87.